The van der Waals surface area contributed by atoms with Crippen LogP contribution in [0.1, 0.15) is 26.7 Å². The van der Waals surface area contributed by atoms with Gasteiger partial charge in [0.25, 0.3) is 0 Å². The third-order valence-electron chi connectivity index (χ3n) is 3.31. The molecule has 0 aromatic heterocycles. The Labute approximate surface area is 106 Å². The summed E-state index contributed by atoms with van der Waals surface area (Å²) in [7, 11) is 3.36. The Morgan fingerprint density at radius 2 is 1.76 bits per heavy atom. The first-order chi connectivity index (χ1) is 8.15. The lowest BCUT2D eigenvalue weighted by Gasteiger charge is -2.33. The standard InChI is InChI=1S/C13H28N2O2/c1-11(2)10-15-7-5-12(6-8-15)14-9-13(16-3)17-4/h11-14H,5-10H2,1-4H3. The molecule has 4 heteroatoms. The zero-order valence-electron chi connectivity index (χ0n) is 11.7. The Balaban J connectivity index is 2.14. The first-order valence-electron chi connectivity index (χ1n) is 6.67. The average Bonchev–Trinajstić information content (AvgIpc) is 2.32. The van der Waals surface area contributed by atoms with E-state index < -0.39 is 0 Å². The van der Waals surface area contributed by atoms with Gasteiger partial charge in [-0.05, 0) is 31.8 Å². The highest BCUT2D eigenvalue weighted by molar-refractivity contribution is 4.77. The van der Waals surface area contributed by atoms with Crippen LogP contribution >= 0.6 is 0 Å². The van der Waals surface area contributed by atoms with Gasteiger partial charge in [-0.25, -0.2) is 0 Å². The van der Waals surface area contributed by atoms with Crippen molar-refractivity contribution in [3.63, 3.8) is 0 Å². The summed E-state index contributed by atoms with van der Waals surface area (Å²) in [4.78, 5) is 2.56. The van der Waals surface area contributed by atoms with Crippen molar-refractivity contribution in [1.82, 2.24) is 10.2 Å². The smallest absolute Gasteiger partial charge is 0.169 e. The van der Waals surface area contributed by atoms with Crippen molar-refractivity contribution < 1.29 is 9.47 Å². The number of methoxy groups -OCH3 is 2. The number of ether oxygens (including phenoxy) is 2. The molecule has 1 N–H and O–H groups in total. The molecular formula is C13H28N2O2. The highest BCUT2D eigenvalue weighted by Gasteiger charge is 2.19. The molecule has 1 rings (SSSR count). The van der Waals surface area contributed by atoms with Gasteiger partial charge in [-0.2, -0.15) is 0 Å². The predicted octanol–water partition coefficient (Wildman–Crippen LogP) is 1.32. The molecule has 1 saturated heterocycles. The summed E-state index contributed by atoms with van der Waals surface area (Å²) in [6.45, 7) is 8.99. The molecule has 0 aromatic carbocycles. The molecule has 1 aliphatic heterocycles. The van der Waals surface area contributed by atoms with Crippen molar-refractivity contribution in [2.75, 3.05) is 40.4 Å². The number of hydrogen-bond donors (Lipinski definition) is 1. The molecular weight excluding hydrogens is 216 g/mol. The van der Waals surface area contributed by atoms with Crippen molar-refractivity contribution in [3.8, 4) is 0 Å². The molecule has 17 heavy (non-hydrogen) atoms. The fourth-order valence-corrected chi connectivity index (χ4v) is 2.36. The number of nitrogens with zero attached hydrogens (tertiary/aromatic N) is 1. The van der Waals surface area contributed by atoms with Crippen molar-refractivity contribution in [2.24, 2.45) is 5.92 Å². The number of hydrogen-bond acceptors (Lipinski definition) is 4. The van der Waals surface area contributed by atoms with E-state index >= 15 is 0 Å². The fourth-order valence-electron chi connectivity index (χ4n) is 2.36. The Bertz CT molecular complexity index is 188. The van der Waals surface area contributed by atoms with Gasteiger partial charge in [0.1, 0.15) is 0 Å². The van der Waals surface area contributed by atoms with Crippen LogP contribution in [0.4, 0.5) is 0 Å². The highest BCUT2D eigenvalue weighted by Crippen LogP contribution is 2.12. The predicted molar refractivity (Wildman–Crippen MR) is 70.1 cm³/mol. The minimum absolute atomic E-state index is 0.122. The fraction of sp³-hybridized carbons (Fsp3) is 1.00. The molecule has 0 radical (unpaired) electrons. The van der Waals surface area contributed by atoms with Gasteiger partial charge in [-0.1, -0.05) is 13.8 Å². The Kier molecular flexibility index (Phi) is 7.04. The van der Waals surface area contributed by atoms with Gasteiger partial charge in [0, 0.05) is 33.4 Å². The second-order valence-electron chi connectivity index (χ2n) is 5.28. The van der Waals surface area contributed by atoms with Crippen LogP contribution in [0.15, 0.2) is 0 Å². The van der Waals surface area contributed by atoms with E-state index in [0.29, 0.717) is 6.04 Å². The van der Waals surface area contributed by atoms with E-state index in [1.54, 1.807) is 14.2 Å². The summed E-state index contributed by atoms with van der Waals surface area (Å²) in [5.74, 6) is 0.769. The van der Waals surface area contributed by atoms with Crippen LogP contribution in [0.3, 0.4) is 0 Å². The third-order valence-corrected chi connectivity index (χ3v) is 3.31. The van der Waals surface area contributed by atoms with Crippen LogP contribution in [-0.2, 0) is 9.47 Å². The number of likely N-dealkylation sites (tertiary alicyclic amines) is 1. The molecule has 0 aromatic rings. The van der Waals surface area contributed by atoms with Gasteiger partial charge in [-0.3, -0.25) is 0 Å². The Morgan fingerprint density at radius 1 is 1.18 bits per heavy atom. The van der Waals surface area contributed by atoms with Crippen LogP contribution < -0.4 is 5.32 Å². The molecule has 1 fully saturated rings. The van der Waals surface area contributed by atoms with Crippen LogP contribution in [0, 0.1) is 5.92 Å². The van der Waals surface area contributed by atoms with E-state index in [2.05, 4.69) is 24.1 Å². The second kappa shape index (κ2) is 8.03. The highest BCUT2D eigenvalue weighted by atomic mass is 16.7. The second-order valence-corrected chi connectivity index (χ2v) is 5.28. The summed E-state index contributed by atoms with van der Waals surface area (Å²) in [5.41, 5.74) is 0. The molecule has 0 saturated carbocycles. The molecule has 1 heterocycles. The molecule has 0 bridgehead atoms. The van der Waals surface area contributed by atoms with Crippen molar-refractivity contribution >= 4 is 0 Å². The number of piperidine rings is 1. The van der Waals surface area contributed by atoms with Crippen LogP contribution in [0.5, 0.6) is 0 Å². The Morgan fingerprint density at radius 3 is 2.24 bits per heavy atom. The molecule has 0 atom stereocenters. The van der Waals surface area contributed by atoms with E-state index in [-0.39, 0.29) is 6.29 Å². The largest absolute Gasteiger partial charge is 0.355 e. The van der Waals surface area contributed by atoms with E-state index in [1.165, 1.54) is 32.5 Å². The van der Waals surface area contributed by atoms with Gasteiger partial charge in [0.2, 0.25) is 0 Å². The summed E-state index contributed by atoms with van der Waals surface area (Å²) in [6.07, 6.45) is 2.34. The average molecular weight is 244 g/mol. The zero-order chi connectivity index (χ0) is 12.7. The summed E-state index contributed by atoms with van der Waals surface area (Å²) < 4.78 is 10.3. The van der Waals surface area contributed by atoms with Crippen molar-refractivity contribution in [3.05, 3.63) is 0 Å². The maximum atomic E-state index is 5.17. The number of rotatable bonds is 7. The van der Waals surface area contributed by atoms with Gasteiger partial charge in [0.05, 0.1) is 0 Å². The molecule has 102 valence electrons. The van der Waals surface area contributed by atoms with Crippen molar-refractivity contribution in [1.29, 1.82) is 0 Å². The van der Waals surface area contributed by atoms with Gasteiger partial charge >= 0.3 is 0 Å². The lowest BCUT2D eigenvalue weighted by molar-refractivity contribution is -0.100. The third kappa shape index (κ3) is 5.82. The minimum Gasteiger partial charge on any atom is -0.355 e. The van der Waals surface area contributed by atoms with Gasteiger partial charge in [0.15, 0.2) is 6.29 Å². The molecule has 0 amide bonds. The lowest BCUT2D eigenvalue weighted by atomic mass is 10.0. The quantitative estimate of drug-likeness (QED) is 0.685. The summed E-state index contributed by atoms with van der Waals surface area (Å²) in [6, 6.07) is 0.617. The SMILES string of the molecule is COC(CNC1CCN(CC(C)C)CC1)OC. The summed E-state index contributed by atoms with van der Waals surface area (Å²) in [5, 5.41) is 3.52. The lowest BCUT2D eigenvalue weighted by Crippen LogP contribution is -2.45. The van der Waals surface area contributed by atoms with Crippen LogP contribution in [0.2, 0.25) is 0 Å². The molecule has 1 aliphatic rings. The maximum Gasteiger partial charge on any atom is 0.169 e. The minimum atomic E-state index is -0.122. The molecule has 0 aliphatic carbocycles. The first kappa shape index (κ1) is 14.9. The first-order valence-corrected chi connectivity index (χ1v) is 6.67. The van der Waals surface area contributed by atoms with E-state index in [0.717, 1.165) is 12.5 Å². The number of nitrogens with one attached hydrogen (secondary N) is 1. The van der Waals surface area contributed by atoms with Gasteiger partial charge < -0.3 is 19.7 Å². The van der Waals surface area contributed by atoms with Gasteiger partial charge in [-0.15, -0.1) is 0 Å². The zero-order valence-corrected chi connectivity index (χ0v) is 11.7. The molecule has 0 unspecified atom stereocenters. The van der Waals surface area contributed by atoms with Crippen LogP contribution in [0.25, 0.3) is 0 Å². The topological polar surface area (TPSA) is 33.7 Å². The maximum absolute atomic E-state index is 5.17. The van der Waals surface area contributed by atoms with E-state index in [1.807, 2.05) is 0 Å². The van der Waals surface area contributed by atoms with E-state index in [4.69, 9.17) is 9.47 Å². The normalized spacial score (nSPS) is 19.4. The van der Waals surface area contributed by atoms with Crippen LogP contribution in [-0.4, -0.2) is 57.6 Å². The van der Waals surface area contributed by atoms with Crippen molar-refractivity contribution in [2.45, 2.75) is 39.0 Å². The Hall–Kier alpha value is -0.160. The monoisotopic (exact) mass is 244 g/mol. The molecule has 0 spiro atoms. The summed E-state index contributed by atoms with van der Waals surface area (Å²) >= 11 is 0. The molecule has 4 nitrogen and oxygen atoms in total. The van der Waals surface area contributed by atoms with E-state index in [9.17, 15) is 0 Å².